The molecule has 0 aliphatic carbocycles. The van der Waals surface area contributed by atoms with Gasteiger partial charge in [-0.15, -0.1) is 0 Å². The molecule has 1 aromatic heterocycles. The van der Waals surface area contributed by atoms with Gasteiger partial charge in [-0.25, -0.2) is 0 Å². The lowest BCUT2D eigenvalue weighted by molar-refractivity contribution is 1.33. The molecule has 0 spiro atoms. The third kappa shape index (κ3) is 2.03. The van der Waals surface area contributed by atoms with E-state index in [0.29, 0.717) is 5.69 Å². The predicted molar refractivity (Wildman–Crippen MR) is 67.9 cm³/mol. The summed E-state index contributed by atoms with van der Waals surface area (Å²) in [4.78, 5) is 4.08. The van der Waals surface area contributed by atoms with E-state index in [1.54, 1.807) is 12.4 Å². The van der Waals surface area contributed by atoms with Crippen molar-refractivity contribution >= 4 is 11.4 Å². The van der Waals surface area contributed by atoms with Crippen molar-refractivity contribution < 1.29 is 0 Å². The number of nitrogens with two attached hydrogens (primary N) is 1. The van der Waals surface area contributed by atoms with E-state index in [2.05, 4.69) is 16.9 Å². The first-order valence-corrected chi connectivity index (χ1v) is 4.98. The van der Waals surface area contributed by atoms with Crippen LogP contribution in [0.25, 0.3) is 11.1 Å². The SMILES string of the molecule is C=CNc1ccc(-c2cccnc2)cc1N. The zero-order valence-electron chi connectivity index (χ0n) is 8.85. The van der Waals surface area contributed by atoms with Crippen LogP contribution in [0.15, 0.2) is 55.5 Å². The highest BCUT2D eigenvalue weighted by Crippen LogP contribution is 2.26. The van der Waals surface area contributed by atoms with E-state index in [4.69, 9.17) is 5.73 Å². The average molecular weight is 211 g/mol. The molecule has 0 amide bonds. The molecule has 16 heavy (non-hydrogen) atoms. The molecule has 2 rings (SSSR count). The van der Waals surface area contributed by atoms with Crippen LogP contribution >= 0.6 is 0 Å². The molecule has 3 nitrogen and oxygen atoms in total. The lowest BCUT2D eigenvalue weighted by Crippen LogP contribution is -1.94. The Morgan fingerprint density at radius 3 is 2.75 bits per heavy atom. The van der Waals surface area contributed by atoms with Gasteiger partial charge in [0.25, 0.3) is 0 Å². The van der Waals surface area contributed by atoms with Crippen molar-refractivity contribution in [3.63, 3.8) is 0 Å². The summed E-state index contributed by atoms with van der Waals surface area (Å²) in [5.74, 6) is 0. The van der Waals surface area contributed by atoms with E-state index in [1.807, 2.05) is 36.5 Å². The number of aromatic nitrogens is 1. The maximum Gasteiger partial charge on any atom is 0.0613 e. The van der Waals surface area contributed by atoms with E-state index in [0.717, 1.165) is 16.8 Å². The minimum absolute atomic E-state index is 0.696. The molecule has 0 fully saturated rings. The van der Waals surface area contributed by atoms with Crippen LogP contribution in [0.5, 0.6) is 0 Å². The molecule has 0 atom stereocenters. The summed E-state index contributed by atoms with van der Waals surface area (Å²) in [7, 11) is 0. The Bertz CT molecular complexity index is 492. The smallest absolute Gasteiger partial charge is 0.0613 e. The molecule has 2 aromatic rings. The van der Waals surface area contributed by atoms with Crippen LogP contribution in [0, 0.1) is 0 Å². The van der Waals surface area contributed by atoms with E-state index in [-0.39, 0.29) is 0 Å². The number of hydrogen-bond donors (Lipinski definition) is 2. The van der Waals surface area contributed by atoms with Crippen LogP contribution in [-0.2, 0) is 0 Å². The summed E-state index contributed by atoms with van der Waals surface area (Å²) in [6, 6.07) is 9.76. The monoisotopic (exact) mass is 211 g/mol. The van der Waals surface area contributed by atoms with Crippen LogP contribution in [0.2, 0.25) is 0 Å². The second-order valence-corrected chi connectivity index (χ2v) is 3.39. The Hall–Kier alpha value is -2.29. The minimum atomic E-state index is 0.696. The first-order chi connectivity index (χ1) is 7.81. The van der Waals surface area contributed by atoms with Gasteiger partial charge < -0.3 is 11.1 Å². The predicted octanol–water partition coefficient (Wildman–Crippen LogP) is 2.89. The Kier molecular flexibility index (Phi) is 2.87. The molecule has 0 saturated heterocycles. The quantitative estimate of drug-likeness (QED) is 0.767. The van der Waals surface area contributed by atoms with E-state index in [1.165, 1.54) is 0 Å². The summed E-state index contributed by atoms with van der Waals surface area (Å²) in [6.45, 7) is 3.60. The third-order valence-electron chi connectivity index (χ3n) is 2.30. The minimum Gasteiger partial charge on any atom is -0.397 e. The third-order valence-corrected chi connectivity index (χ3v) is 2.30. The largest absolute Gasteiger partial charge is 0.397 e. The maximum atomic E-state index is 5.91. The Morgan fingerprint density at radius 2 is 2.12 bits per heavy atom. The van der Waals surface area contributed by atoms with Gasteiger partial charge in [0.2, 0.25) is 0 Å². The van der Waals surface area contributed by atoms with Crippen LogP contribution in [0.1, 0.15) is 0 Å². The van der Waals surface area contributed by atoms with Crippen LogP contribution < -0.4 is 11.1 Å². The fourth-order valence-corrected chi connectivity index (χ4v) is 1.52. The van der Waals surface area contributed by atoms with Crippen LogP contribution in [-0.4, -0.2) is 4.98 Å². The normalized spacial score (nSPS) is 9.75. The van der Waals surface area contributed by atoms with Crippen molar-refractivity contribution in [2.24, 2.45) is 0 Å². The number of pyridine rings is 1. The zero-order chi connectivity index (χ0) is 11.4. The van der Waals surface area contributed by atoms with Gasteiger partial charge in [-0.1, -0.05) is 18.7 Å². The molecule has 0 radical (unpaired) electrons. The van der Waals surface area contributed by atoms with E-state index in [9.17, 15) is 0 Å². The second-order valence-electron chi connectivity index (χ2n) is 3.39. The van der Waals surface area contributed by atoms with Gasteiger partial charge in [0, 0.05) is 18.0 Å². The van der Waals surface area contributed by atoms with Crippen molar-refractivity contribution in [2.75, 3.05) is 11.1 Å². The molecule has 0 aliphatic heterocycles. The lowest BCUT2D eigenvalue weighted by Gasteiger charge is -2.07. The average Bonchev–Trinajstić information content (AvgIpc) is 2.33. The molecule has 1 heterocycles. The van der Waals surface area contributed by atoms with Crippen molar-refractivity contribution in [3.05, 3.63) is 55.5 Å². The summed E-state index contributed by atoms with van der Waals surface area (Å²) in [5, 5.41) is 2.98. The molecule has 80 valence electrons. The van der Waals surface area contributed by atoms with Gasteiger partial charge in [-0.05, 0) is 30.0 Å². The highest BCUT2D eigenvalue weighted by atomic mass is 14.9. The molecule has 0 aliphatic rings. The molecular weight excluding hydrogens is 198 g/mol. The van der Waals surface area contributed by atoms with Gasteiger partial charge in [-0.2, -0.15) is 0 Å². The number of rotatable bonds is 3. The van der Waals surface area contributed by atoms with E-state index < -0.39 is 0 Å². The van der Waals surface area contributed by atoms with Gasteiger partial charge in [0.1, 0.15) is 0 Å². The number of anilines is 2. The van der Waals surface area contributed by atoms with Crippen molar-refractivity contribution in [3.8, 4) is 11.1 Å². The highest BCUT2D eigenvalue weighted by molar-refractivity contribution is 5.76. The molecule has 0 unspecified atom stereocenters. The second kappa shape index (κ2) is 4.49. The molecule has 3 heteroatoms. The maximum absolute atomic E-state index is 5.91. The topological polar surface area (TPSA) is 50.9 Å². The van der Waals surface area contributed by atoms with Gasteiger partial charge >= 0.3 is 0 Å². The van der Waals surface area contributed by atoms with Crippen molar-refractivity contribution in [1.82, 2.24) is 4.98 Å². The Labute approximate surface area is 94.6 Å². The summed E-state index contributed by atoms with van der Waals surface area (Å²) < 4.78 is 0. The number of nitrogens with zero attached hydrogens (tertiary/aromatic N) is 1. The van der Waals surface area contributed by atoms with E-state index >= 15 is 0 Å². The summed E-state index contributed by atoms with van der Waals surface area (Å²) in [5.41, 5.74) is 9.58. The van der Waals surface area contributed by atoms with Crippen molar-refractivity contribution in [2.45, 2.75) is 0 Å². The summed E-state index contributed by atoms with van der Waals surface area (Å²) >= 11 is 0. The lowest BCUT2D eigenvalue weighted by atomic mass is 10.1. The van der Waals surface area contributed by atoms with Crippen LogP contribution in [0.4, 0.5) is 11.4 Å². The molecule has 1 aromatic carbocycles. The Balaban J connectivity index is 2.38. The van der Waals surface area contributed by atoms with Gasteiger partial charge in [0.15, 0.2) is 0 Å². The fourth-order valence-electron chi connectivity index (χ4n) is 1.52. The number of benzene rings is 1. The number of nitrogens with one attached hydrogen (secondary N) is 1. The van der Waals surface area contributed by atoms with Crippen LogP contribution in [0.3, 0.4) is 0 Å². The fraction of sp³-hybridized carbons (Fsp3) is 0. The molecule has 0 bridgehead atoms. The standard InChI is InChI=1S/C13H13N3/c1-2-16-13-6-5-10(8-12(13)14)11-4-3-7-15-9-11/h2-9,16H,1,14H2. The molecular formula is C13H13N3. The van der Waals surface area contributed by atoms with Crippen molar-refractivity contribution in [1.29, 1.82) is 0 Å². The number of hydrogen-bond acceptors (Lipinski definition) is 3. The first-order valence-electron chi connectivity index (χ1n) is 4.98. The van der Waals surface area contributed by atoms with Gasteiger partial charge in [-0.3, -0.25) is 4.98 Å². The zero-order valence-corrected chi connectivity index (χ0v) is 8.85. The number of nitrogen functional groups attached to an aromatic ring is 1. The molecule has 0 saturated carbocycles. The molecule has 3 N–H and O–H groups in total. The highest BCUT2D eigenvalue weighted by Gasteiger charge is 2.01. The van der Waals surface area contributed by atoms with Gasteiger partial charge in [0.05, 0.1) is 11.4 Å². The summed E-state index contributed by atoms with van der Waals surface area (Å²) in [6.07, 6.45) is 5.17. The Morgan fingerprint density at radius 1 is 1.25 bits per heavy atom. The first kappa shape index (κ1) is 10.2.